The van der Waals surface area contributed by atoms with Crippen LogP contribution in [0.4, 0.5) is 0 Å². The van der Waals surface area contributed by atoms with Crippen molar-refractivity contribution in [2.45, 2.75) is 19.1 Å². The fourth-order valence-electron chi connectivity index (χ4n) is 1.31. The molecule has 0 aliphatic carbocycles. The quantitative estimate of drug-likeness (QED) is 0.789. The normalized spacial score (nSPS) is 14.2. The smallest absolute Gasteiger partial charge is 0.216 e. The van der Waals surface area contributed by atoms with E-state index in [2.05, 4.69) is 21.2 Å². The third-order valence-corrected chi connectivity index (χ3v) is 3.04. The molecule has 4 nitrogen and oxygen atoms in total. The van der Waals surface area contributed by atoms with Gasteiger partial charge in [-0.2, -0.15) is 0 Å². The lowest BCUT2D eigenvalue weighted by Gasteiger charge is -2.19. The highest BCUT2D eigenvalue weighted by Gasteiger charge is 2.21. The number of rotatable bonds is 4. The van der Waals surface area contributed by atoms with E-state index in [0.717, 1.165) is 4.47 Å². The van der Waals surface area contributed by atoms with Crippen LogP contribution in [0.25, 0.3) is 0 Å². The van der Waals surface area contributed by atoms with Crippen LogP contribution in [-0.2, 0) is 4.79 Å². The van der Waals surface area contributed by atoms with Gasteiger partial charge in [0.05, 0.1) is 0 Å². The first-order valence-electron chi connectivity index (χ1n) is 4.97. The molecular formula is C11H13BrClNO3. The van der Waals surface area contributed by atoms with E-state index in [9.17, 15) is 15.0 Å². The zero-order valence-electron chi connectivity index (χ0n) is 9.15. The predicted molar refractivity (Wildman–Crippen MR) is 68.8 cm³/mol. The van der Waals surface area contributed by atoms with Gasteiger partial charge in [-0.25, -0.2) is 0 Å². The zero-order valence-corrected chi connectivity index (χ0v) is 11.5. The number of aliphatic hydroxyl groups is 2. The predicted octanol–water partition coefficient (Wildman–Crippen LogP) is 1.63. The molecule has 0 aliphatic rings. The lowest BCUT2D eigenvalue weighted by molar-refractivity contribution is -0.119. The molecule has 0 bridgehead atoms. The summed E-state index contributed by atoms with van der Waals surface area (Å²) in [5.41, 5.74) is 0.416. The Kier molecular flexibility index (Phi) is 5.39. The Morgan fingerprint density at radius 3 is 2.76 bits per heavy atom. The van der Waals surface area contributed by atoms with Crippen LogP contribution in [0.2, 0.25) is 5.02 Å². The number of amides is 1. The third kappa shape index (κ3) is 4.27. The molecular weight excluding hydrogens is 309 g/mol. The van der Waals surface area contributed by atoms with E-state index < -0.39 is 12.2 Å². The Morgan fingerprint density at radius 1 is 1.53 bits per heavy atom. The number of carbonyl (C=O) groups is 1. The van der Waals surface area contributed by atoms with Gasteiger partial charge in [-0.15, -0.1) is 0 Å². The molecule has 6 heteroatoms. The number of aliphatic hydroxyl groups excluding tert-OH is 2. The van der Waals surface area contributed by atoms with Crippen molar-refractivity contribution >= 4 is 33.4 Å². The average molecular weight is 323 g/mol. The molecule has 3 N–H and O–H groups in total. The number of benzene rings is 1. The number of carbonyl (C=O) groups excluding carboxylic acids is 1. The largest absolute Gasteiger partial charge is 0.388 e. The van der Waals surface area contributed by atoms with Gasteiger partial charge in [-0.05, 0) is 18.2 Å². The third-order valence-electron chi connectivity index (χ3n) is 2.20. The first-order chi connectivity index (χ1) is 7.91. The van der Waals surface area contributed by atoms with Crippen LogP contribution in [0.15, 0.2) is 22.7 Å². The van der Waals surface area contributed by atoms with Gasteiger partial charge in [-0.1, -0.05) is 27.5 Å². The fourth-order valence-corrected chi connectivity index (χ4v) is 1.92. The summed E-state index contributed by atoms with van der Waals surface area (Å²) in [4.78, 5) is 10.7. The van der Waals surface area contributed by atoms with E-state index in [4.69, 9.17) is 11.6 Å². The second-order valence-corrected chi connectivity index (χ2v) is 4.94. The summed E-state index contributed by atoms with van der Waals surface area (Å²) in [6, 6.07) is 4.98. The van der Waals surface area contributed by atoms with Gasteiger partial charge in [-0.3, -0.25) is 4.79 Å². The Labute approximate surface area is 113 Å². The van der Waals surface area contributed by atoms with Crippen molar-refractivity contribution in [1.82, 2.24) is 5.32 Å². The molecule has 1 aromatic rings. The molecule has 0 saturated heterocycles. The molecule has 1 rings (SSSR count). The van der Waals surface area contributed by atoms with Crippen molar-refractivity contribution in [2.24, 2.45) is 0 Å². The number of nitrogens with one attached hydrogen (secondary N) is 1. The van der Waals surface area contributed by atoms with Crippen LogP contribution in [-0.4, -0.2) is 28.8 Å². The summed E-state index contributed by atoms with van der Waals surface area (Å²) in [6.45, 7) is 1.31. The standard InChI is InChI=1S/C11H13BrClNO3/c1-6(15)14-5-10(16)11(17)8-4-7(12)2-3-9(8)13/h2-4,10-11,16-17H,5H2,1H3,(H,14,15). The lowest BCUT2D eigenvalue weighted by atomic mass is 10.0. The highest BCUT2D eigenvalue weighted by Crippen LogP contribution is 2.28. The molecule has 0 aromatic heterocycles. The molecule has 1 amide bonds. The molecule has 0 fully saturated rings. The summed E-state index contributed by atoms with van der Waals surface area (Å²) in [5.74, 6) is -0.267. The van der Waals surface area contributed by atoms with Crippen LogP contribution in [0.5, 0.6) is 0 Å². The zero-order chi connectivity index (χ0) is 13.0. The van der Waals surface area contributed by atoms with Gasteiger partial charge in [0.15, 0.2) is 0 Å². The van der Waals surface area contributed by atoms with Crippen molar-refractivity contribution in [2.75, 3.05) is 6.54 Å². The molecule has 2 unspecified atom stereocenters. The van der Waals surface area contributed by atoms with Gasteiger partial charge in [0.25, 0.3) is 0 Å². The van der Waals surface area contributed by atoms with Crippen molar-refractivity contribution in [3.05, 3.63) is 33.3 Å². The maximum atomic E-state index is 10.7. The number of halogens is 2. The van der Waals surface area contributed by atoms with Gasteiger partial charge in [0.1, 0.15) is 12.2 Å². The lowest BCUT2D eigenvalue weighted by Crippen LogP contribution is -2.34. The van der Waals surface area contributed by atoms with E-state index in [1.807, 2.05) is 0 Å². The summed E-state index contributed by atoms with van der Waals surface area (Å²) in [5, 5.41) is 22.4. The van der Waals surface area contributed by atoms with Crippen molar-refractivity contribution in [3.8, 4) is 0 Å². The van der Waals surface area contributed by atoms with E-state index in [1.54, 1.807) is 18.2 Å². The second kappa shape index (κ2) is 6.35. The maximum Gasteiger partial charge on any atom is 0.216 e. The first kappa shape index (κ1) is 14.4. The topological polar surface area (TPSA) is 69.6 Å². The molecule has 0 aliphatic heterocycles. The van der Waals surface area contributed by atoms with Crippen LogP contribution in [0.1, 0.15) is 18.6 Å². The summed E-state index contributed by atoms with van der Waals surface area (Å²) >= 11 is 9.17. The van der Waals surface area contributed by atoms with Crippen molar-refractivity contribution < 1.29 is 15.0 Å². The van der Waals surface area contributed by atoms with Gasteiger partial charge in [0.2, 0.25) is 5.91 Å². The minimum absolute atomic E-state index is 0.0284. The van der Waals surface area contributed by atoms with Gasteiger partial charge >= 0.3 is 0 Å². The number of hydrogen-bond acceptors (Lipinski definition) is 3. The SMILES string of the molecule is CC(=O)NCC(O)C(O)c1cc(Br)ccc1Cl. The van der Waals surface area contributed by atoms with Crippen molar-refractivity contribution in [3.63, 3.8) is 0 Å². The highest BCUT2D eigenvalue weighted by molar-refractivity contribution is 9.10. The summed E-state index contributed by atoms with van der Waals surface area (Å²) in [6.07, 6.45) is -2.25. The Balaban J connectivity index is 2.77. The maximum absolute atomic E-state index is 10.7. The van der Waals surface area contributed by atoms with Crippen LogP contribution >= 0.6 is 27.5 Å². The van der Waals surface area contributed by atoms with E-state index in [0.29, 0.717) is 10.6 Å². The fraction of sp³-hybridized carbons (Fsp3) is 0.364. The molecule has 0 spiro atoms. The first-order valence-corrected chi connectivity index (χ1v) is 6.14. The molecule has 0 radical (unpaired) electrons. The monoisotopic (exact) mass is 321 g/mol. The van der Waals surface area contributed by atoms with Crippen LogP contribution < -0.4 is 5.32 Å². The van der Waals surface area contributed by atoms with Crippen LogP contribution in [0, 0.1) is 0 Å². The van der Waals surface area contributed by atoms with E-state index in [1.165, 1.54) is 6.92 Å². The molecule has 94 valence electrons. The summed E-state index contributed by atoms with van der Waals surface area (Å²) in [7, 11) is 0. The average Bonchev–Trinajstić information content (AvgIpc) is 2.28. The second-order valence-electron chi connectivity index (χ2n) is 3.62. The molecule has 0 saturated carbocycles. The summed E-state index contributed by atoms with van der Waals surface area (Å²) < 4.78 is 0.752. The minimum Gasteiger partial charge on any atom is -0.388 e. The molecule has 2 atom stereocenters. The van der Waals surface area contributed by atoms with Gasteiger partial charge in [0, 0.05) is 28.5 Å². The van der Waals surface area contributed by atoms with E-state index in [-0.39, 0.29) is 12.5 Å². The molecule has 1 aromatic carbocycles. The Hall–Kier alpha value is -0.620. The van der Waals surface area contributed by atoms with Crippen LogP contribution in [0.3, 0.4) is 0 Å². The minimum atomic E-state index is -1.15. The van der Waals surface area contributed by atoms with Crippen molar-refractivity contribution in [1.29, 1.82) is 0 Å². The van der Waals surface area contributed by atoms with E-state index >= 15 is 0 Å². The highest BCUT2D eigenvalue weighted by atomic mass is 79.9. The Bertz CT molecular complexity index is 414. The van der Waals surface area contributed by atoms with Gasteiger partial charge < -0.3 is 15.5 Å². The molecule has 0 heterocycles. The Morgan fingerprint density at radius 2 is 2.18 bits per heavy atom. The molecule has 17 heavy (non-hydrogen) atoms. The number of hydrogen-bond donors (Lipinski definition) is 3.